The van der Waals surface area contributed by atoms with Crippen molar-refractivity contribution in [2.45, 2.75) is 32.6 Å². The van der Waals surface area contributed by atoms with Crippen molar-refractivity contribution in [2.75, 3.05) is 10.6 Å². The number of hydrogen-bond acceptors (Lipinski definition) is 4. The molecule has 0 saturated heterocycles. The van der Waals surface area contributed by atoms with Crippen molar-refractivity contribution in [3.05, 3.63) is 77.1 Å². The Balaban J connectivity index is 1.60. The third kappa shape index (κ3) is 5.08. The first-order valence-electron chi connectivity index (χ1n) is 9.25. The molecule has 2 amide bonds. The first kappa shape index (κ1) is 21.2. The van der Waals surface area contributed by atoms with Crippen LogP contribution in [0, 0.1) is 11.6 Å². The summed E-state index contributed by atoms with van der Waals surface area (Å²) < 4.78 is 32.6. The lowest BCUT2D eigenvalue weighted by Gasteiger charge is -2.12. The van der Waals surface area contributed by atoms with Gasteiger partial charge in [0, 0.05) is 17.2 Å². The highest BCUT2D eigenvalue weighted by atomic mass is 19.1. The van der Waals surface area contributed by atoms with Crippen molar-refractivity contribution in [3.8, 4) is 0 Å². The summed E-state index contributed by atoms with van der Waals surface area (Å²) in [6.07, 6.45) is 0.0773. The number of benzene rings is 2. The summed E-state index contributed by atoms with van der Waals surface area (Å²) in [5.74, 6) is -2.07. The molecule has 1 aromatic heterocycles. The van der Waals surface area contributed by atoms with Crippen molar-refractivity contribution < 1.29 is 22.9 Å². The zero-order valence-corrected chi connectivity index (χ0v) is 16.8. The maximum absolute atomic E-state index is 13.7. The van der Waals surface area contributed by atoms with E-state index in [2.05, 4.69) is 15.8 Å². The number of carbonyl (C=O) groups is 2. The van der Waals surface area contributed by atoms with Gasteiger partial charge < -0.3 is 15.2 Å². The Labute approximate surface area is 172 Å². The summed E-state index contributed by atoms with van der Waals surface area (Å²) in [5, 5.41) is 8.94. The quantitative estimate of drug-likeness (QED) is 0.636. The summed E-state index contributed by atoms with van der Waals surface area (Å²) in [5.41, 5.74) is 0.158. The standard InChI is InChI=1S/C22H21F2N3O3/c1-22(2,3)17-12-18(27-30-17)26-19(28)11-13-7-9-14(10-8-13)25-21(29)20-15(23)5-4-6-16(20)24/h4-10,12H,11H2,1-3H3,(H,25,29)(H,26,27,28). The van der Waals surface area contributed by atoms with Crippen LogP contribution in [0.4, 0.5) is 20.3 Å². The predicted octanol–water partition coefficient (Wildman–Crippen LogP) is 4.68. The Kier molecular flexibility index (Phi) is 5.96. The van der Waals surface area contributed by atoms with Crippen molar-refractivity contribution in [1.29, 1.82) is 0 Å². The summed E-state index contributed by atoms with van der Waals surface area (Å²) in [6.45, 7) is 5.92. The highest BCUT2D eigenvalue weighted by Crippen LogP contribution is 2.24. The molecule has 2 aromatic carbocycles. The van der Waals surface area contributed by atoms with Crippen molar-refractivity contribution in [3.63, 3.8) is 0 Å². The van der Waals surface area contributed by atoms with Gasteiger partial charge in [-0.3, -0.25) is 9.59 Å². The molecule has 0 unspecified atom stereocenters. The monoisotopic (exact) mass is 413 g/mol. The van der Waals surface area contributed by atoms with Gasteiger partial charge in [-0.1, -0.05) is 44.1 Å². The van der Waals surface area contributed by atoms with Gasteiger partial charge in [-0.05, 0) is 29.8 Å². The van der Waals surface area contributed by atoms with Crippen LogP contribution in [-0.2, 0) is 16.6 Å². The topological polar surface area (TPSA) is 84.2 Å². The molecule has 3 aromatic rings. The lowest BCUT2D eigenvalue weighted by atomic mass is 9.93. The molecule has 0 saturated carbocycles. The molecule has 0 fully saturated rings. The summed E-state index contributed by atoms with van der Waals surface area (Å²) in [4.78, 5) is 24.3. The largest absolute Gasteiger partial charge is 0.359 e. The Morgan fingerprint density at radius 2 is 1.63 bits per heavy atom. The van der Waals surface area contributed by atoms with E-state index in [1.54, 1.807) is 30.3 Å². The molecule has 1 heterocycles. The number of nitrogens with one attached hydrogen (secondary N) is 2. The van der Waals surface area contributed by atoms with Crippen LogP contribution in [0.15, 0.2) is 53.1 Å². The summed E-state index contributed by atoms with van der Waals surface area (Å²) in [6, 6.07) is 11.3. The third-order valence-corrected chi connectivity index (χ3v) is 4.28. The van der Waals surface area contributed by atoms with Gasteiger partial charge in [-0.25, -0.2) is 8.78 Å². The molecule has 156 valence electrons. The second kappa shape index (κ2) is 8.44. The molecular formula is C22H21F2N3O3. The van der Waals surface area contributed by atoms with E-state index < -0.39 is 23.1 Å². The van der Waals surface area contributed by atoms with E-state index in [4.69, 9.17) is 4.52 Å². The Bertz CT molecular complexity index is 1050. The van der Waals surface area contributed by atoms with E-state index in [1.807, 2.05) is 20.8 Å². The molecule has 0 aliphatic heterocycles. The molecule has 2 N–H and O–H groups in total. The first-order chi connectivity index (χ1) is 14.1. The number of hydrogen-bond donors (Lipinski definition) is 2. The molecule has 0 radical (unpaired) electrons. The molecule has 0 spiro atoms. The van der Waals surface area contributed by atoms with Crippen molar-refractivity contribution in [2.24, 2.45) is 0 Å². The average molecular weight is 413 g/mol. The molecular weight excluding hydrogens is 392 g/mol. The van der Waals surface area contributed by atoms with Crippen LogP contribution in [0.5, 0.6) is 0 Å². The normalized spacial score (nSPS) is 11.2. The average Bonchev–Trinajstić information content (AvgIpc) is 3.12. The van der Waals surface area contributed by atoms with Gasteiger partial charge in [0.2, 0.25) is 5.91 Å². The van der Waals surface area contributed by atoms with Crippen molar-refractivity contribution in [1.82, 2.24) is 5.16 Å². The van der Waals surface area contributed by atoms with Crippen LogP contribution < -0.4 is 10.6 Å². The molecule has 30 heavy (non-hydrogen) atoms. The number of anilines is 2. The second-order valence-corrected chi connectivity index (χ2v) is 7.80. The number of carbonyl (C=O) groups excluding carboxylic acids is 2. The SMILES string of the molecule is CC(C)(C)c1cc(NC(=O)Cc2ccc(NC(=O)c3c(F)cccc3F)cc2)no1. The Morgan fingerprint density at radius 3 is 2.20 bits per heavy atom. The van der Waals surface area contributed by atoms with Crippen LogP contribution in [0.25, 0.3) is 0 Å². The maximum atomic E-state index is 13.7. The van der Waals surface area contributed by atoms with E-state index in [-0.39, 0.29) is 17.7 Å². The summed E-state index contributed by atoms with van der Waals surface area (Å²) >= 11 is 0. The molecule has 0 aliphatic carbocycles. The van der Waals surface area contributed by atoms with Crippen LogP contribution in [-0.4, -0.2) is 17.0 Å². The summed E-state index contributed by atoms with van der Waals surface area (Å²) in [7, 11) is 0. The molecule has 0 aliphatic rings. The van der Waals surface area contributed by atoms with Gasteiger partial charge >= 0.3 is 0 Å². The Morgan fingerprint density at radius 1 is 1.00 bits per heavy atom. The van der Waals surface area contributed by atoms with Crippen LogP contribution in [0.2, 0.25) is 0 Å². The fraction of sp³-hybridized carbons (Fsp3) is 0.227. The maximum Gasteiger partial charge on any atom is 0.261 e. The predicted molar refractivity (Wildman–Crippen MR) is 108 cm³/mol. The smallest absolute Gasteiger partial charge is 0.261 e. The van der Waals surface area contributed by atoms with Gasteiger partial charge in [-0.2, -0.15) is 0 Å². The van der Waals surface area contributed by atoms with Gasteiger partial charge in [0.15, 0.2) is 5.82 Å². The number of halogens is 2. The van der Waals surface area contributed by atoms with Gasteiger partial charge in [0.1, 0.15) is 23.0 Å². The number of amides is 2. The minimum atomic E-state index is -0.941. The highest BCUT2D eigenvalue weighted by Gasteiger charge is 2.20. The zero-order valence-electron chi connectivity index (χ0n) is 16.8. The van der Waals surface area contributed by atoms with Crippen LogP contribution in [0.3, 0.4) is 0 Å². The number of aromatic nitrogens is 1. The molecule has 0 atom stereocenters. The van der Waals surface area contributed by atoms with E-state index in [1.165, 1.54) is 6.07 Å². The molecule has 0 bridgehead atoms. The minimum Gasteiger partial charge on any atom is -0.359 e. The molecule has 6 nitrogen and oxygen atoms in total. The molecule has 8 heteroatoms. The van der Waals surface area contributed by atoms with E-state index in [9.17, 15) is 18.4 Å². The fourth-order valence-electron chi connectivity index (χ4n) is 2.67. The van der Waals surface area contributed by atoms with Gasteiger partial charge in [0.25, 0.3) is 5.91 Å². The lowest BCUT2D eigenvalue weighted by molar-refractivity contribution is -0.115. The van der Waals surface area contributed by atoms with E-state index >= 15 is 0 Å². The first-order valence-corrected chi connectivity index (χ1v) is 9.25. The number of nitrogens with zero attached hydrogens (tertiary/aromatic N) is 1. The van der Waals surface area contributed by atoms with Crippen LogP contribution in [0.1, 0.15) is 42.5 Å². The zero-order chi connectivity index (χ0) is 21.9. The lowest BCUT2D eigenvalue weighted by Crippen LogP contribution is -2.16. The highest BCUT2D eigenvalue weighted by molar-refractivity contribution is 6.04. The Hall–Kier alpha value is -3.55. The van der Waals surface area contributed by atoms with Gasteiger partial charge in [0.05, 0.1) is 6.42 Å². The fourth-order valence-corrected chi connectivity index (χ4v) is 2.67. The third-order valence-electron chi connectivity index (χ3n) is 4.28. The minimum absolute atomic E-state index is 0.0773. The number of rotatable bonds is 5. The van der Waals surface area contributed by atoms with Crippen molar-refractivity contribution >= 4 is 23.3 Å². The van der Waals surface area contributed by atoms with Crippen LogP contribution >= 0.6 is 0 Å². The molecule has 3 rings (SSSR count). The van der Waals surface area contributed by atoms with E-state index in [0.29, 0.717) is 22.8 Å². The van der Waals surface area contributed by atoms with Gasteiger partial charge in [-0.15, -0.1) is 0 Å². The van der Waals surface area contributed by atoms with E-state index in [0.717, 1.165) is 12.1 Å². The second-order valence-electron chi connectivity index (χ2n) is 7.80.